The highest BCUT2D eigenvalue weighted by Crippen LogP contribution is 2.16. The van der Waals surface area contributed by atoms with E-state index < -0.39 is 11.8 Å². The number of rotatable bonds is 3. The summed E-state index contributed by atoms with van der Waals surface area (Å²) in [7, 11) is 0. The number of amides is 2. The number of hydrogen-bond acceptors (Lipinski definition) is 3. The van der Waals surface area contributed by atoms with Crippen molar-refractivity contribution in [1.82, 2.24) is 10.6 Å². The van der Waals surface area contributed by atoms with Gasteiger partial charge in [-0.05, 0) is 12.8 Å². The Morgan fingerprint density at radius 1 is 1.06 bits per heavy atom. The first-order valence-corrected chi connectivity index (χ1v) is 6.03. The predicted octanol–water partition coefficient (Wildman–Crippen LogP) is -0.0997. The van der Waals surface area contributed by atoms with E-state index in [9.17, 15) is 9.59 Å². The van der Waals surface area contributed by atoms with Gasteiger partial charge < -0.3 is 16.4 Å². The molecule has 0 atom stereocenters. The van der Waals surface area contributed by atoms with Crippen LogP contribution in [-0.2, 0) is 9.59 Å². The summed E-state index contributed by atoms with van der Waals surface area (Å²) in [6.07, 6.45) is 6.69. The third kappa shape index (κ3) is 4.61. The molecular formula is C11H21N3O2. The molecule has 92 valence electrons. The van der Waals surface area contributed by atoms with Gasteiger partial charge in [0.1, 0.15) is 0 Å². The van der Waals surface area contributed by atoms with Crippen LogP contribution in [0.4, 0.5) is 0 Å². The lowest BCUT2D eigenvalue weighted by Crippen LogP contribution is -2.45. The van der Waals surface area contributed by atoms with Crippen LogP contribution in [0.15, 0.2) is 0 Å². The molecule has 0 aromatic carbocycles. The highest BCUT2D eigenvalue weighted by Gasteiger charge is 2.18. The topological polar surface area (TPSA) is 84.2 Å². The quantitative estimate of drug-likeness (QED) is 0.465. The van der Waals surface area contributed by atoms with Crippen molar-refractivity contribution >= 4 is 11.8 Å². The van der Waals surface area contributed by atoms with E-state index in [0.29, 0.717) is 13.1 Å². The van der Waals surface area contributed by atoms with Gasteiger partial charge in [-0.2, -0.15) is 0 Å². The molecule has 1 rings (SSSR count). The van der Waals surface area contributed by atoms with E-state index in [2.05, 4.69) is 10.6 Å². The lowest BCUT2D eigenvalue weighted by atomic mass is 10.1. The zero-order chi connectivity index (χ0) is 11.8. The molecule has 1 fully saturated rings. The van der Waals surface area contributed by atoms with Crippen LogP contribution in [0.25, 0.3) is 0 Å². The average Bonchev–Trinajstić information content (AvgIpc) is 2.54. The molecule has 0 bridgehead atoms. The van der Waals surface area contributed by atoms with Crippen LogP contribution >= 0.6 is 0 Å². The highest BCUT2D eigenvalue weighted by molar-refractivity contribution is 6.35. The number of hydrogen-bond donors (Lipinski definition) is 3. The minimum atomic E-state index is -0.574. The maximum Gasteiger partial charge on any atom is 0.309 e. The van der Waals surface area contributed by atoms with Crippen LogP contribution in [0.3, 0.4) is 0 Å². The molecule has 2 amide bonds. The van der Waals surface area contributed by atoms with Crippen molar-refractivity contribution in [2.45, 2.75) is 44.6 Å². The molecule has 4 N–H and O–H groups in total. The van der Waals surface area contributed by atoms with Gasteiger partial charge in [0.05, 0.1) is 0 Å². The SMILES string of the molecule is NCCNC(=O)C(=O)NC1CCCCCC1. The minimum Gasteiger partial charge on any atom is -0.347 e. The Labute approximate surface area is 96.1 Å². The Morgan fingerprint density at radius 3 is 2.25 bits per heavy atom. The van der Waals surface area contributed by atoms with E-state index in [0.717, 1.165) is 25.7 Å². The summed E-state index contributed by atoms with van der Waals surface area (Å²) in [5, 5.41) is 5.24. The first kappa shape index (κ1) is 13.0. The highest BCUT2D eigenvalue weighted by atomic mass is 16.2. The molecule has 0 radical (unpaired) electrons. The summed E-state index contributed by atoms with van der Waals surface area (Å²) in [6.45, 7) is 0.694. The van der Waals surface area contributed by atoms with E-state index in [1.165, 1.54) is 12.8 Å². The zero-order valence-electron chi connectivity index (χ0n) is 9.63. The Bertz CT molecular complexity index is 235. The lowest BCUT2D eigenvalue weighted by Gasteiger charge is -2.15. The third-order valence-electron chi connectivity index (χ3n) is 2.83. The lowest BCUT2D eigenvalue weighted by molar-refractivity contribution is -0.139. The standard InChI is InChI=1S/C11H21N3O2/c12-7-8-13-10(15)11(16)14-9-5-3-1-2-4-6-9/h9H,1-8,12H2,(H,13,15)(H,14,16). The van der Waals surface area contributed by atoms with Crippen LogP contribution in [0.1, 0.15) is 38.5 Å². The summed E-state index contributed by atoms with van der Waals surface area (Å²) in [4.78, 5) is 22.7. The Morgan fingerprint density at radius 2 is 1.69 bits per heavy atom. The summed E-state index contributed by atoms with van der Waals surface area (Å²) in [5.41, 5.74) is 5.24. The second kappa shape index (κ2) is 7.22. The van der Waals surface area contributed by atoms with Crippen molar-refractivity contribution in [3.8, 4) is 0 Å². The zero-order valence-corrected chi connectivity index (χ0v) is 9.63. The predicted molar refractivity (Wildman–Crippen MR) is 61.7 cm³/mol. The molecular weight excluding hydrogens is 206 g/mol. The van der Waals surface area contributed by atoms with Crippen molar-refractivity contribution < 1.29 is 9.59 Å². The van der Waals surface area contributed by atoms with E-state index in [1.807, 2.05) is 0 Å². The van der Waals surface area contributed by atoms with Crippen LogP contribution < -0.4 is 16.4 Å². The monoisotopic (exact) mass is 227 g/mol. The molecule has 0 heterocycles. The molecule has 1 saturated carbocycles. The van der Waals surface area contributed by atoms with Gasteiger partial charge in [0.2, 0.25) is 0 Å². The molecule has 0 unspecified atom stereocenters. The van der Waals surface area contributed by atoms with Gasteiger partial charge in [-0.25, -0.2) is 0 Å². The molecule has 1 aliphatic carbocycles. The number of carbonyl (C=O) groups excluding carboxylic acids is 2. The minimum absolute atomic E-state index is 0.165. The second-order valence-electron chi connectivity index (χ2n) is 4.21. The van der Waals surface area contributed by atoms with E-state index in [-0.39, 0.29) is 6.04 Å². The van der Waals surface area contributed by atoms with Gasteiger partial charge in [0.15, 0.2) is 0 Å². The fourth-order valence-corrected chi connectivity index (χ4v) is 1.94. The van der Waals surface area contributed by atoms with Gasteiger partial charge in [-0.1, -0.05) is 25.7 Å². The van der Waals surface area contributed by atoms with Gasteiger partial charge in [-0.15, -0.1) is 0 Å². The Balaban J connectivity index is 2.28. The van der Waals surface area contributed by atoms with Gasteiger partial charge in [-0.3, -0.25) is 9.59 Å². The number of nitrogens with one attached hydrogen (secondary N) is 2. The molecule has 0 aromatic rings. The van der Waals surface area contributed by atoms with Crippen molar-refractivity contribution in [3.05, 3.63) is 0 Å². The molecule has 0 spiro atoms. The van der Waals surface area contributed by atoms with Crippen molar-refractivity contribution in [2.24, 2.45) is 5.73 Å². The molecule has 5 nitrogen and oxygen atoms in total. The van der Waals surface area contributed by atoms with Gasteiger partial charge in [0.25, 0.3) is 0 Å². The number of nitrogens with two attached hydrogens (primary N) is 1. The van der Waals surface area contributed by atoms with Crippen LogP contribution in [0.5, 0.6) is 0 Å². The maximum absolute atomic E-state index is 11.5. The normalized spacial score (nSPS) is 17.6. The molecule has 5 heteroatoms. The van der Waals surface area contributed by atoms with Crippen LogP contribution in [0, 0.1) is 0 Å². The largest absolute Gasteiger partial charge is 0.347 e. The maximum atomic E-state index is 11.5. The van der Waals surface area contributed by atoms with Crippen molar-refractivity contribution in [2.75, 3.05) is 13.1 Å². The van der Waals surface area contributed by atoms with E-state index in [4.69, 9.17) is 5.73 Å². The van der Waals surface area contributed by atoms with Crippen molar-refractivity contribution in [3.63, 3.8) is 0 Å². The second-order valence-corrected chi connectivity index (χ2v) is 4.21. The van der Waals surface area contributed by atoms with Crippen LogP contribution in [-0.4, -0.2) is 30.9 Å². The smallest absolute Gasteiger partial charge is 0.309 e. The van der Waals surface area contributed by atoms with Gasteiger partial charge in [0, 0.05) is 19.1 Å². The number of carbonyl (C=O) groups is 2. The summed E-state index contributed by atoms with van der Waals surface area (Å²) < 4.78 is 0. The average molecular weight is 227 g/mol. The molecule has 0 aliphatic heterocycles. The summed E-state index contributed by atoms with van der Waals surface area (Å²) in [5.74, 6) is -1.10. The first-order chi connectivity index (χ1) is 7.74. The Hall–Kier alpha value is -1.10. The van der Waals surface area contributed by atoms with Crippen LogP contribution in [0.2, 0.25) is 0 Å². The summed E-state index contributed by atoms with van der Waals surface area (Å²) >= 11 is 0. The van der Waals surface area contributed by atoms with Gasteiger partial charge >= 0.3 is 11.8 Å². The molecule has 0 aromatic heterocycles. The fourth-order valence-electron chi connectivity index (χ4n) is 1.94. The van der Waals surface area contributed by atoms with E-state index in [1.54, 1.807) is 0 Å². The molecule has 0 saturated heterocycles. The fraction of sp³-hybridized carbons (Fsp3) is 0.818. The van der Waals surface area contributed by atoms with Crippen molar-refractivity contribution in [1.29, 1.82) is 0 Å². The third-order valence-corrected chi connectivity index (χ3v) is 2.83. The first-order valence-electron chi connectivity index (χ1n) is 6.03. The Kier molecular flexibility index (Phi) is 5.85. The summed E-state index contributed by atoms with van der Waals surface area (Å²) in [6, 6.07) is 0.165. The molecule has 1 aliphatic rings. The molecule has 16 heavy (non-hydrogen) atoms. The van der Waals surface area contributed by atoms with E-state index >= 15 is 0 Å².